The monoisotopic (exact) mass is 517 g/mol. The highest BCUT2D eigenvalue weighted by Gasteiger charge is 2.12. The summed E-state index contributed by atoms with van der Waals surface area (Å²) < 4.78 is 19.6. The molecule has 0 atom stereocenters. The van der Waals surface area contributed by atoms with Crippen molar-refractivity contribution in [2.75, 3.05) is 59.3 Å². The van der Waals surface area contributed by atoms with Crippen LogP contribution in [-0.2, 0) is 13.8 Å². The Labute approximate surface area is 209 Å². The summed E-state index contributed by atoms with van der Waals surface area (Å²) >= 11 is 0. The van der Waals surface area contributed by atoms with Gasteiger partial charge in [0.15, 0.2) is 0 Å². The lowest BCUT2D eigenvalue weighted by Gasteiger charge is -2.17. The maximum atomic E-state index is 10.4. The first-order chi connectivity index (χ1) is 16.3. The molecule has 0 saturated carbocycles. The van der Waals surface area contributed by atoms with Gasteiger partial charge in [0.1, 0.15) is 0 Å². The molecule has 0 aliphatic carbocycles. The van der Waals surface area contributed by atoms with Crippen LogP contribution < -0.4 is 0 Å². The van der Waals surface area contributed by atoms with Crippen molar-refractivity contribution in [3.8, 4) is 0 Å². The maximum Gasteiger partial charge on any atom is 0.469 e. The summed E-state index contributed by atoms with van der Waals surface area (Å²) in [6, 6.07) is 0. The number of phosphoric ester groups is 1. The quantitative estimate of drug-likeness (QED) is 0.106. The van der Waals surface area contributed by atoms with Crippen LogP contribution in [0.2, 0.25) is 0 Å². The molecular formula is C24H56NO8P. The number of aliphatic hydroxyl groups excluding tert-OH is 3. The molecule has 0 amide bonds. The van der Waals surface area contributed by atoms with Crippen molar-refractivity contribution >= 4 is 7.82 Å². The molecule has 10 heteroatoms. The fraction of sp³-hybridized carbons (Fsp3) is 1.00. The second kappa shape index (κ2) is 32.9. The molecule has 34 heavy (non-hydrogen) atoms. The number of unbranched alkanes of at least 4 members (excludes halogenated alkanes) is 11. The fourth-order valence-corrected chi connectivity index (χ4v) is 3.46. The van der Waals surface area contributed by atoms with E-state index in [1.54, 1.807) is 4.90 Å². The molecule has 0 aliphatic rings. The fourth-order valence-electron chi connectivity index (χ4n) is 3.09. The third-order valence-electron chi connectivity index (χ3n) is 4.91. The number of nitrogens with zero attached hydrogens (tertiary/aromatic N) is 1. The number of hydrogen-bond donors (Lipinski definition) is 5. The van der Waals surface area contributed by atoms with Crippen molar-refractivity contribution in [3.63, 3.8) is 0 Å². The molecule has 0 aliphatic heterocycles. The summed E-state index contributed by atoms with van der Waals surface area (Å²) in [4.78, 5) is 18.8. The van der Waals surface area contributed by atoms with Gasteiger partial charge in [0.25, 0.3) is 0 Å². The third kappa shape index (κ3) is 42.1. The van der Waals surface area contributed by atoms with Crippen molar-refractivity contribution in [1.82, 2.24) is 4.90 Å². The predicted molar refractivity (Wildman–Crippen MR) is 139 cm³/mol. The Morgan fingerprint density at radius 2 is 0.971 bits per heavy atom. The molecule has 0 radical (unpaired) electrons. The molecule has 0 aromatic heterocycles. The lowest BCUT2D eigenvalue weighted by atomic mass is 10.1. The van der Waals surface area contributed by atoms with Gasteiger partial charge < -0.3 is 29.8 Å². The van der Waals surface area contributed by atoms with Crippen LogP contribution in [-0.4, -0.2) is 89.3 Å². The van der Waals surface area contributed by atoms with Gasteiger partial charge >= 0.3 is 7.82 Å². The highest BCUT2D eigenvalue weighted by Crippen LogP contribution is 2.35. The van der Waals surface area contributed by atoms with Crippen LogP contribution >= 0.6 is 7.82 Å². The van der Waals surface area contributed by atoms with Crippen molar-refractivity contribution in [2.24, 2.45) is 0 Å². The number of hydrogen-bond acceptors (Lipinski definition) is 7. The molecule has 0 saturated heterocycles. The molecule has 210 valence electrons. The summed E-state index contributed by atoms with van der Waals surface area (Å²) in [6.07, 6.45) is 14.9. The molecule has 0 aromatic carbocycles. The van der Waals surface area contributed by atoms with Crippen molar-refractivity contribution in [2.45, 2.75) is 97.8 Å². The molecule has 0 bridgehead atoms. The highest BCUT2D eigenvalue weighted by atomic mass is 31.2. The lowest BCUT2D eigenvalue weighted by Crippen LogP contribution is -2.32. The van der Waals surface area contributed by atoms with Gasteiger partial charge in [-0.15, -0.1) is 0 Å². The second-order valence-electron chi connectivity index (χ2n) is 8.01. The molecule has 0 aromatic rings. The van der Waals surface area contributed by atoms with Crippen LogP contribution in [0.25, 0.3) is 0 Å². The van der Waals surface area contributed by atoms with Gasteiger partial charge in [0.05, 0.1) is 26.4 Å². The molecule has 0 rings (SSSR count). The topological polar surface area (TPSA) is 140 Å². The molecule has 0 heterocycles. The normalized spacial score (nSPS) is 11.1. The summed E-state index contributed by atoms with van der Waals surface area (Å²) in [5.74, 6) is 0. The number of rotatable bonds is 22. The van der Waals surface area contributed by atoms with Crippen LogP contribution in [0.3, 0.4) is 0 Å². The summed E-state index contributed by atoms with van der Waals surface area (Å²) in [5, 5.41) is 25.5. The minimum atomic E-state index is -4.25. The van der Waals surface area contributed by atoms with Gasteiger partial charge in [-0.2, -0.15) is 0 Å². The standard InChI is InChI=1S/C14H31O4P.C6H15NO3.C4H10O/c1-2-3-4-5-6-7-8-9-10-11-12-13-14-18-19(15,16)17;8-4-1-7(2-5-9)3-6-10;1-3-5-4-2/h2-14H2,1H3,(H2,15,16,17);8-10H,1-6H2;3-4H2,1-2H3. The van der Waals surface area contributed by atoms with Crippen molar-refractivity contribution in [3.05, 3.63) is 0 Å². The molecule has 9 nitrogen and oxygen atoms in total. The van der Waals surface area contributed by atoms with Crippen LogP contribution in [0.4, 0.5) is 0 Å². The maximum absolute atomic E-state index is 10.4. The number of ether oxygens (including phenoxy) is 1. The van der Waals surface area contributed by atoms with Gasteiger partial charge in [-0.1, -0.05) is 77.6 Å². The van der Waals surface area contributed by atoms with Gasteiger partial charge in [-0.05, 0) is 20.3 Å². The Kier molecular flexibility index (Phi) is 37.2. The summed E-state index contributed by atoms with van der Waals surface area (Å²) in [6.45, 7) is 9.83. The Morgan fingerprint density at radius 1 is 0.618 bits per heavy atom. The second-order valence-corrected chi connectivity index (χ2v) is 9.25. The van der Waals surface area contributed by atoms with Crippen LogP contribution in [0.1, 0.15) is 97.8 Å². The lowest BCUT2D eigenvalue weighted by molar-refractivity contribution is 0.136. The molecule has 5 N–H and O–H groups in total. The van der Waals surface area contributed by atoms with Gasteiger partial charge in [0.2, 0.25) is 0 Å². The highest BCUT2D eigenvalue weighted by molar-refractivity contribution is 7.46. The van der Waals surface area contributed by atoms with E-state index in [2.05, 4.69) is 11.4 Å². The van der Waals surface area contributed by atoms with E-state index >= 15 is 0 Å². The predicted octanol–water partition coefficient (Wildman–Crippen LogP) is 4.10. The minimum Gasteiger partial charge on any atom is -0.395 e. The number of phosphoric acid groups is 1. The number of aliphatic hydroxyl groups is 3. The Hall–Kier alpha value is -0.0900. The van der Waals surface area contributed by atoms with E-state index in [0.717, 1.165) is 32.5 Å². The van der Waals surface area contributed by atoms with E-state index in [4.69, 9.17) is 29.8 Å². The van der Waals surface area contributed by atoms with Crippen LogP contribution in [0.5, 0.6) is 0 Å². The van der Waals surface area contributed by atoms with E-state index in [-0.39, 0.29) is 26.4 Å². The Bertz CT molecular complexity index is 383. The van der Waals surface area contributed by atoms with E-state index in [1.807, 2.05) is 13.8 Å². The van der Waals surface area contributed by atoms with Gasteiger partial charge in [-0.25, -0.2) is 4.57 Å². The summed E-state index contributed by atoms with van der Waals surface area (Å²) in [5.41, 5.74) is 0. The zero-order valence-corrected chi connectivity index (χ0v) is 23.1. The first-order valence-electron chi connectivity index (χ1n) is 13.1. The van der Waals surface area contributed by atoms with Gasteiger partial charge in [-0.3, -0.25) is 9.42 Å². The zero-order valence-electron chi connectivity index (χ0n) is 22.2. The largest absolute Gasteiger partial charge is 0.469 e. The third-order valence-corrected chi connectivity index (χ3v) is 5.43. The Morgan fingerprint density at radius 3 is 1.24 bits per heavy atom. The van der Waals surface area contributed by atoms with E-state index < -0.39 is 7.82 Å². The van der Waals surface area contributed by atoms with Gasteiger partial charge in [0, 0.05) is 32.8 Å². The van der Waals surface area contributed by atoms with E-state index in [0.29, 0.717) is 19.6 Å². The van der Waals surface area contributed by atoms with Crippen LogP contribution in [0, 0.1) is 0 Å². The smallest absolute Gasteiger partial charge is 0.395 e. The van der Waals surface area contributed by atoms with E-state index in [9.17, 15) is 4.57 Å². The first-order valence-corrected chi connectivity index (χ1v) is 14.7. The average molecular weight is 518 g/mol. The summed E-state index contributed by atoms with van der Waals surface area (Å²) in [7, 11) is -4.25. The zero-order chi connectivity index (χ0) is 26.3. The Balaban J connectivity index is -0.000000531. The molecule has 0 fully saturated rings. The average Bonchev–Trinajstić information content (AvgIpc) is 2.78. The molecule has 0 unspecified atom stereocenters. The van der Waals surface area contributed by atoms with Crippen molar-refractivity contribution < 1.29 is 38.9 Å². The molecular weight excluding hydrogens is 461 g/mol. The van der Waals surface area contributed by atoms with Crippen LogP contribution in [0.15, 0.2) is 0 Å². The first kappa shape index (κ1) is 38.4. The minimum absolute atomic E-state index is 0.0694. The molecule has 0 spiro atoms. The van der Waals surface area contributed by atoms with Crippen molar-refractivity contribution in [1.29, 1.82) is 0 Å². The SMILES string of the molecule is CCCCCCCCCCCCCCOP(=O)(O)O.CCOCC.OCCN(CCO)CCO. The van der Waals surface area contributed by atoms with E-state index in [1.165, 1.54) is 57.8 Å².